The van der Waals surface area contributed by atoms with E-state index >= 15 is 0 Å². The van der Waals surface area contributed by atoms with E-state index in [-0.39, 0.29) is 16.6 Å². The molecule has 0 unspecified atom stereocenters. The van der Waals surface area contributed by atoms with E-state index in [0.717, 1.165) is 50.5 Å². The Labute approximate surface area is 138 Å². The third kappa shape index (κ3) is 1.86. The number of Topliss-reactive ketones (excluding diaryl/α,β-unsaturated/α-hetero) is 1. The van der Waals surface area contributed by atoms with Crippen LogP contribution in [0.5, 0.6) is 0 Å². The number of carbonyl (C=O) groups is 1. The molecule has 0 saturated heterocycles. The maximum atomic E-state index is 14.5. The summed E-state index contributed by atoms with van der Waals surface area (Å²) in [6, 6.07) is 0. The molecule has 6 atom stereocenters. The number of rotatable bonds is 0. The maximum absolute atomic E-state index is 14.5. The molecule has 2 nitrogen and oxygen atoms in total. The topological polar surface area (TPSA) is 37.3 Å². The van der Waals surface area contributed by atoms with Gasteiger partial charge in [0, 0.05) is 6.42 Å². The number of allylic oxidation sites excluding steroid dienone is 1. The molecule has 4 aliphatic rings. The summed E-state index contributed by atoms with van der Waals surface area (Å²) in [7, 11) is 0. The third-order valence-electron chi connectivity index (χ3n) is 8.62. The van der Waals surface area contributed by atoms with Crippen LogP contribution in [0.3, 0.4) is 0 Å². The van der Waals surface area contributed by atoms with E-state index in [1.54, 1.807) is 0 Å². The van der Waals surface area contributed by atoms with Crippen molar-refractivity contribution in [3.8, 4) is 0 Å². The van der Waals surface area contributed by atoms with E-state index in [0.29, 0.717) is 24.2 Å². The van der Waals surface area contributed by atoms with Crippen molar-refractivity contribution in [1.29, 1.82) is 0 Å². The Morgan fingerprint density at radius 1 is 1.00 bits per heavy atom. The fraction of sp³-hybridized carbons (Fsp3) is 0.850. The molecule has 0 aromatic carbocycles. The lowest BCUT2D eigenvalue weighted by Gasteiger charge is -2.58. The first-order chi connectivity index (χ1) is 10.7. The summed E-state index contributed by atoms with van der Waals surface area (Å²) in [5.41, 5.74) is 0.141. The van der Waals surface area contributed by atoms with Crippen molar-refractivity contribution in [2.24, 2.45) is 28.6 Å². The number of halogens is 1. The van der Waals surface area contributed by atoms with E-state index in [1.807, 2.05) is 6.92 Å². The van der Waals surface area contributed by atoms with E-state index in [4.69, 9.17) is 0 Å². The molecule has 0 aromatic rings. The lowest BCUT2D eigenvalue weighted by Crippen LogP contribution is -2.54. The molecule has 3 fully saturated rings. The van der Waals surface area contributed by atoms with E-state index in [1.165, 1.54) is 0 Å². The minimum absolute atomic E-state index is 0.00871. The fourth-order valence-corrected chi connectivity index (χ4v) is 6.89. The maximum Gasteiger partial charge on any atom is 0.191 e. The van der Waals surface area contributed by atoms with Crippen LogP contribution in [-0.4, -0.2) is 16.5 Å². The quantitative estimate of drug-likeness (QED) is 0.710. The highest BCUT2D eigenvalue weighted by Crippen LogP contribution is 2.67. The Hall–Kier alpha value is -0.700. The number of hydrogen-bond donors (Lipinski definition) is 1. The summed E-state index contributed by atoms with van der Waals surface area (Å²) in [6.45, 7) is 6.50. The van der Waals surface area contributed by atoms with Gasteiger partial charge in [-0.1, -0.05) is 13.8 Å². The lowest BCUT2D eigenvalue weighted by atomic mass is 9.46. The van der Waals surface area contributed by atoms with E-state index in [9.17, 15) is 14.3 Å². The van der Waals surface area contributed by atoms with Crippen molar-refractivity contribution in [3.63, 3.8) is 0 Å². The van der Waals surface area contributed by atoms with Gasteiger partial charge in [-0.05, 0) is 86.0 Å². The van der Waals surface area contributed by atoms with Gasteiger partial charge in [0.15, 0.2) is 11.6 Å². The highest BCUT2D eigenvalue weighted by Gasteiger charge is 2.62. The first kappa shape index (κ1) is 15.8. The SMILES string of the molecule is C[C@]12CCC(=O)C(F)=C1CC[C@@H]1[C@@H]2CC[C@@]2(C)[C@H]1CC[C@]2(C)O. The summed E-state index contributed by atoms with van der Waals surface area (Å²) in [5.74, 6) is 0.925. The van der Waals surface area contributed by atoms with Gasteiger partial charge >= 0.3 is 0 Å². The van der Waals surface area contributed by atoms with Crippen molar-refractivity contribution in [2.45, 2.75) is 77.7 Å². The Kier molecular flexibility index (Phi) is 3.22. The van der Waals surface area contributed by atoms with Crippen molar-refractivity contribution in [1.82, 2.24) is 0 Å². The van der Waals surface area contributed by atoms with E-state index < -0.39 is 11.4 Å². The fourth-order valence-electron chi connectivity index (χ4n) is 6.89. The average Bonchev–Trinajstić information content (AvgIpc) is 2.74. The molecule has 3 saturated carbocycles. The first-order valence-electron chi connectivity index (χ1n) is 9.35. The number of aliphatic hydroxyl groups is 1. The molecule has 3 heteroatoms. The second-order valence-electron chi connectivity index (χ2n) is 9.32. The molecule has 128 valence electrons. The molecule has 4 rings (SSSR count). The Morgan fingerprint density at radius 3 is 2.43 bits per heavy atom. The summed E-state index contributed by atoms with van der Waals surface area (Å²) < 4.78 is 14.5. The Bertz CT molecular complexity index is 592. The second-order valence-corrected chi connectivity index (χ2v) is 9.32. The molecule has 0 heterocycles. The molecule has 4 aliphatic carbocycles. The van der Waals surface area contributed by atoms with Crippen molar-refractivity contribution < 1.29 is 14.3 Å². The van der Waals surface area contributed by atoms with Crippen LogP contribution >= 0.6 is 0 Å². The monoisotopic (exact) mass is 320 g/mol. The van der Waals surface area contributed by atoms with Gasteiger partial charge in [0.05, 0.1) is 5.60 Å². The van der Waals surface area contributed by atoms with Gasteiger partial charge < -0.3 is 5.11 Å². The summed E-state index contributed by atoms with van der Waals surface area (Å²) in [4.78, 5) is 11.8. The van der Waals surface area contributed by atoms with Crippen molar-refractivity contribution >= 4 is 5.78 Å². The molecule has 0 spiro atoms. The van der Waals surface area contributed by atoms with Crippen LogP contribution in [0.25, 0.3) is 0 Å². The Balaban J connectivity index is 1.72. The zero-order valence-corrected chi connectivity index (χ0v) is 14.6. The molecule has 1 N–H and O–H groups in total. The average molecular weight is 320 g/mol. The number of fused-ring (bicyclic) bond motifs is 5. The molecule has 0 bridgehead atoms. The molecule has 0 amide bonds. The zero-order chi connectivity index (χ0) is 16.6. The van der Waals surface area contributed by atoms with Gasteiger partial charge in [0.1, 0.15) is 0 Å². The first-order valence-corrected chi connectivity index (χ1v) is 9.35. The van der Waals surface area contributed by atoms with Crippen molar-refractivity contribution in [2.75, 3.05) is 0 Å². The minimum Gasteiger partial charge on any atom is -0.390 e. The lowest BCUT2D eigenvalue weighted by molar-refractivity contribution is -0.126. The largest absolute Gasteiger partial charge is 0.390 e. The predicted molar refractivity (Wildman–Crippen MR) is 87.4 cm³/mol. The highest BCUT2D eigenvalue weighted by atomic mass is 19.1. The number of ketones is 1. The summed E-state index contributed by atoms with van der Waals surface area (Å²) in [5, 5.41) is 10.9. The van der Waals surface area contributed by atoms with Crippen molar-refractivity contribution in [3.05, 3.63) is 11.4 Å². The van der Waals surface area contributed by atoms with Gasteiger partial charge in [-0.3, -0.25) is 4.79 Å². The molecule has 0 aliphatic heterocycles. The van der Waals surface area contributed by atoms with Crippen LogP contribution in [-0.2, 0) is 4.79 Å². The van der Waals surface area contributed by atoms with Gasteiger partial charge in [0.2, 0.25) is 0 Å². The number of hydrogen-bond acceptors (Lipinski definition) is 2. The molecule has 0 radical (unpaired) electrons. The molecular weight excluding hydrogens is 291 g/mol. The van der Waals surface area contributed by atoms with Crippen LogP contribution in [0.15, 0.2) is 11.4 Å². The minimum atomic E-state index is -0.562. The van der Waals surface area contributed by atoms with Crippen LogP contribution in [0, 0.1) is 28.6 Å². The normalized spacial score (nSPS) is 52.9. The van der Waals surface area contributed by atoms with E-state index in [2.05, 4.69) is 13.8 Å². The smallest absolute Gasteiger partial charge is 0.191 e. The molecular formula is C20H29FO2. The molecule has 0 aromatic heterocycles. The van der Waals surface area contributed by atoms with Gasteiger partial charge in [-0.25, -0.2) is 4.39 Å². The highest BCUT2D eigenvalue weighted by molar-refractivity contribution is 5.95. The zero-order valence-electron chi connectivity index (χ0n) is 14.6. The number of carbonyl (C=O) groups excluding carboxylic acids is 1. The van der Waals surface area contributed by atoms with Crippen LogP contribution in [0.2, 0.25) is 0 Å². The van der Waals surface area contributed by atoms with Crippen LogP contribution in [0.1, 0.15) is 72.1 Å². The third-order valence-corrected chi connectivity index (χ3v) is 8.62. The van der Waals surface area contributed by atoms with Crippen LogP contribution < -0.4 is 0 Å². The predicted octanol–water partition coefficient (Wildman–Crippen LogP) is 4.57. The van der Waals surface area contributed by atoms with Gasteiger partial charge in [-0.15, -0.1) is 0 Å². The summed E-state index contributed by atoms with van der Waals surface area (Å²) >= 11 is 0. The Morgan fingerprint density at radius 2 is 1.70 bits per heavy atom. The van der Waals surface area contributed by atoms with Gasteiger partial charge in [-0.2, -0.15) is 0 Å². The second kappa shape index (κ2) is 4.68. The molecule has 23 heavy (non-hydrogen) atoms. The van der Waals surface area contributed by atoms with Gasteiger partial charge in [0.25, 0.3) is 0 Å². The standard InChI is InChI=1S/C20H29FO2/c1-18-9-8-16(22)17(21)15(18)5-4-12-13(18)6-10-19(2)14(12)7-11-20(19,3)23/h12-14,23H,4-11H2,1-3H3/t12-,13+,14+,18-,19+,20+/m1/s1. The van der Waals surface area contributed by atoms with Crippen LogP contribution in [0.4, 0.5) is 4.39 Å². The summed E-state index contributed by atoms with van der Waals surface area (Å²) in [6.07, 6.45) is 7.01.